The Kier molecular flexibility index (Phi) is 7.43. The highest BCUT2D eigenvalue weighted by Gasteiger charge is 2.33. The first-order chi connectivity index (χ1) is 13.9. The van der Waals surface area contributed by atoms with Gasteiger partial charge in [-0.25, -0.2) is 9.79 Å². The molecule has 2 heterocycles. The Balaban J connectivity index is 1.60. The summed E-state index contributed by atoms with van der Waals surface area (Å²) in [6, 6.07) is 5.36. The van der Waals surface area contributed by atoms with Crippen molar-refractivity contribution in [1.82, 2.24) is 14.7 Å². The first-order valence-electron chi connectivity index (χ1n) is 10.3. The number of rotatable bonds is 5. The van der Waals surface area contributed by atoms with Gasteiger partial charge in [-0.2, -0.15) is 0 Å². The van der Waals surface area contributed by atoms with Crippen molar-refractivity contribution in [2.45, 2.75) is 38.0 Å². The molecule has 0 aromatic heterocycles. The lowest BCUT2D eigenvalue weighted by Crippen LogP contribution is -2.47. The van der Waals surface area contributed by atoms with Gasteiger partial charge < -0.3 is 9.64 Å². The summed E-state index contributed by atoms with van der Waals surface area (Å²) in [5, 5.41) is 9.08. The molecule has 2 fully saturated rings. The first kappa shape index (κ1) is 21.9. The zero-order valence-electron chi connectivity index (χ0n) is 17.4. The molecule has 0 radical (unpaired) electrons. The maximum absolute atomic E-state index is 13.0. The van der Waals surface area contributed by atoms with E-state index in [0.29, 0.717) is 29.1 Å². The quantitative estimate of drug-likeness (QED) is 0.432. The Labute approximate surface area is 176 Å². The Morgan fingerprint density at radius 1 is 1.17 bits per heavy atom. The van der Waals surface area contributed by atoms with Gasteiger partial charge in [0.2, 0.25) is 5.91 Å². The molecular weight excluding hydrogens is 390 g/mol. The highest BCUT2D eigenvalue weighted by molar-refractivity contribution is 7.97. The molecule has 3 rings (SSSR count). The van der Waals surface area contributed by atoms with Crippen LogP contribution in [0.2, 0.25) is 0 Å². The summed E-state index contributed by atoms with van der Waals surface area (Å²) in [5.41, 5.74) is 2.01. The number of carbonyl (C=O) groups is 2. The number of methoxy groups -OCH3 is 1. The SMILES string of the molecule is COc1cccc(SN2CCC(C(=O)N3CC(C)CC(C)C3)CC2)c1C(=O)NO. The third-order valence-electron chi connectivity index (χ3n) is 5.75. The molecule has 1 aromatic rings. The molecule has 2 aliphatic rings. The van der Waals surface area contributed by atoms with Crippen molar-refractivity contribution in [1.29, 1.82) is 0 Å². The number of hydrogen-bond acceptors (Lipinski definition) is 6. The van der Waals surface area contributed by atoms with E-state index in [1.54, 1.807) is 11.5 Å². The van der Waals surface area contributed by atoms with Crippen LogP contribution >= 0.6 is 11.9 Å². The van der Waals surface area contributed by atoms with Crippen molar-refractivity contribution in [2.24, 2.45) is 17.8 Å². The molecule has 29 heavy (non-hydrogen) atoms. The van der Waals surface area contributed by atoms with E-state index in [1.807, 2.05) is 12.1 Å². The Morgan fingerprint density at radius 3 is 2.41 bits per heavy atom. The van der Waals surface area contributed by atoms with Gasteiger partial charge in [-0.15, -0.1) is 0 Å². The lowest BCUT2D eigenvalue weighted by atomic mass is 9.89. The van der Waals surface area contributed by atoms with Gasteiger partial charge in [0.15, 0.2) is 0 Å². The molecule has 0 bridgehead atoms. The highest BCUT2D eigenvalue weighted by Crippen LogP contribution is 2.35. The molecule has 8 heteroatoms. The molecule has 0 saturated carbocycles. The molecule has 1 aromatic carbocycles. The van der Waals surface area contributed by atoms with Gasteiger partial charge in [0, 0.05) is 37.0 Å². The predicted molar refractivity (Wildman–Crippen MR) is 112 cm³/mol. The Morgan fingerprint density at radius 2 is 1.83 bits per heavy atom. The minimum absolute atomic E-state index is 0.0786. The second kappa shape index (κ2) is 9.82. The van der Waals surface area contributed by atoms with E-state index in [9.17, 15) is 9.59 Å². The fraction of sp³-hybridized carbons (Fsp3) is 0.619. The standard InChI is InChI=1S/C21H31N3O4S/c1-14-11-15(2)13-23(12-14)21(26)16-7-9-24(10-8-16)29-18-6-4-5-17(28-3)19(18)20(25)22-27/h4-6,14-16,27H,7-13H2,1-3H3,(H,22,25). The molecule has 2 unspecified atom stereocenters. The summed E-state index contributed by atoms with van der Waals surface area (Å²) >= 11 is 1.47. The lowest BCUT2D eigenvalue weighted by Gasteiger charge is -2.39. The van der Waals surface area contributed by atoms with Crippen LogP contribution in [0.1, 0.15) is 43.5 Å². The summed E-state index contributed by atoms with van der Waals surface area (Å²) in [6.45, 7) is 7.75. The van der Waals surface area contributed by atoms with Crippen molar-refractivity contribution < 1.29 is 19.5 Å². The second-order valence-corrected chi connectivity index (χ2v) is 9.40. The zero-order chi connectivity index (χ0) is 21.0. The van der Waals surface area contributed by atoms with Crippen LogP contribution in [-0.2, 0) is 4.79 Å². The fourth-order valence-electron chi connectivity index (χ4n) is 4.47. The van der Waals surface area contributed by atoms with Gasteiger partial charge in [0.05, 0.1) is 12.7 Å². The maximum atomic E-state index is 13.0. The third-order valence-corrected chi connectivity index (χ3v) is 6.91. The molecule has 2 atom stereocenters. The number of nitrogens with zero attached hydrogens (tertiary/aromatic N) is 2. The highest BCUT2D eigenvalue weighted by atomic mass is 32.2. The van der Waals surface area contributed by atoms with Crippen LogP contribution in [0.15, 0.2) is 23.1 Å². The topological polar surface area (TPSA) is 82.1 Å². The average molecular weight is 422 g/mol. The number of ether oxygens (including phenoxy) is 1. The molecule has 2 N–H and O–H groups in total. The molecule has 2 aliphatic heterocycles. The van der Waals surface area contributed by atoms with E-state index in [1.165, 1.54) is 25.5 Å². The van der Waals surface area contributed by atoms with E-state index in [0.717, 1.165) is 43.9 Å². The zero-order valence-corrected chi connectivity index (χ0v) is 18.2. The van der Waals surface area contributed by atoms with Crippen LogP contribution < -0.4 is 10.2 Å². The number of likely N-dealkylation sites (tertiary alicyclic amines) is 1. The largest absolute Gasteiger partial charge is 0.496 e. The predicted octanol–water partition coefficient (Wildman–Crippen LogP) is 3.04. The van der Waals surface area contributed by atoms with Crippen LogP contribution in [0, 0.1) is 17.8 Å². The number of benzene rings is 1. The summed E-state index contributed by atoms with van der Waals surface area (Å²) in [6.07, 6.45) is 2.83. The summed E-state index contributed by atoms with van der Waals surface area (Å²) in [4.78, 5) is 27.9. The molecule has 0 spiro atoms. The minimum Gasteiger partial charge on any atom is -0.496 e. The minimum atomic E-state index is -0.594. The molecule has 160 valence electrons. The number of piperidine rings is 2. The van der Waals surface area contributed by atoms with Crippen LogP contribution in [0.4, 0.5) is 0 Å². The Bertz CT molecular complexity index is 727. The van der Waals surface area contributed by atoms with E-state index in [-0.39, 0.29) is 5.92 Å². The molecule has 7 nitrogen and oxygen atoms in total. The van der Waals surface area contributed by atoms with Crippen LogP contribution in [0.5, 0.6) is 5.75 Å². The van der Waals surface area contributed by atoms with E-state index < -0.39 is 5.91 Å². The van der Waals surface area contributed by atoms with E-state index in [4.69, 9.17) is 9.94 Å². The Hall–Kier alpha value is -1.77. The number of carbonyl (C=O) groups excluding carboxylic acids is 2. The van der Waals surface area contributed by atoms with Gasteiger partial charge in [0.1, 0.15) is 5.75 Å². The fourth-order valence-corrected chi connectivity index (χ4v) is 5.57. The molecular formula is C21H31N3O4S. The number of amides is 2. The van der Waals surface area contributed by atoms with Crippen molar-refractivity contribution in [2.75, 3.05) is 33.3 Å². The van der Waals surface area contributed by atoms with Crippen LogP contribution in [0.25, 0.3) is 0 Å². The van der Waals surface area contributed by atoms with Crippen LogP contribution in [0.3, 0.4) is 0 Å². The number of nitrogens with one attached hydrogen (secondary N) is 1. The summed E-state index contributed by atoms with van der Waals surface area (Å²) < 4.78 is 7.45. The van der Waals surface area contributed by atoms with E-state index in [2.05, 4.69) is 23.1 Å². The van der Waals surface area contributed by atoms with Gasteiger partial charge in [-0.3, -0.25) is 14.8 Å². The van der Waals surface area contributed by atoms with Crippen molar-refractivity contribution in [3.05, 3.63) is 23.8 Å². The first-order valence-corrected chi connectivity index (χ1v) is 11.0. The summed E-state index contributed by atoms with van der Waals surface area (Å²) in [7, 11) is 1.50. The van der Waals surface area contributed by atoms with Crippen molar-refractivity contribution >= 4 is 23.8 Å². The van der Waals surface area contributed by atoms with Crippen molar-refractivity contribution in [3.63, 3.8) is 0 Å². The van der Waals surface area contributed by atoms with Crippen LogP contribution in [-0.4, -0.2) is 59.5 Å². The van der Waals surface area contributed by atoms with Gasteiger partial charge in [-0.1, -0.05) is 19.9 Å². The van der Waals surface area contributed by atoms with Crippen molar-refractivity contribution in [3.8, 4) is 5.75 Å². The third kappa shape index (κ3) is 5.24. The number of hydrogen-bond donors (Lipinski definition) is 2. The molecule has 2 amide bonds. The molecule has 0 aliphatic carbocycles. The maximum Gasteiger partial charge on any atom is 0.279 e. The monoisotopic (exact) mass is 421 g/mol. The van der Waals surface area contributed by atoms with Gasteiger partial charge in [0.25, 0.3) is 5.91 Å². The smallest absolute Gasteiger partial charge is 0.279 e. The summed E-state index contributed by atoms with van der Waals surface area (Å²) in [5.74, 6) is 1.35. The normalized spacial score (nSPS) is 23.7. The van der Waals surface area contributed by atoms with E-state index >= 15 is 0 Å². The number of hydroxylamine groups is 1. The van der Waals surface area contributed by atoms with Gasteiger partial charge in [-0.05, 0) is 55.2 Å². The second-order valence-electron chi connectivity index (χ2n) is 8.26. The van der Waals surface area contributed by atoms with Gasteiger partial charge >= 0.3 is 0 Å². The average Bonchev–Trinajstić information content (AvgIpc) is 2.72. The molecule has 2 saturated heterocycles. The lowest BCUT2D eigenvalue weighted by molar-refractivity contribution is -0.139.